The van der Waals surface area contributed by atoms with Crippen molar-refractivity contribution in [3.8, 4) is 0 Å². The van der Waals surface area contributed by atoms with Gasteiger partial charge in [0.15, 0.2) is 0 Å². The Morgan fingerprint density at radius 2 is 2.00 bits per heavy atom. The first kappa shape index (κ1) is 12.4. The lowest BCUT2D eigenvalue weighted by Crippen LogP contribution is -2.38. The number of aromatic carboxylic acids is 1. The fraction of sp³-hybridized carbons (Fsp3) is 0.333. The molecule has 1 aromatic rings. The lowest BCUT2D eigenvalue weighted by atomic mass is 10.2. The molecule has 2 amide bonds. The first-order valence-corrected chi connectivity index (χ1v) is 5.64. The molecule has 0 radical (unpaired) electrons. The number of hydrogen-bond donors (Lipinski definition) is 3. The summed E-state index contributed by atoms with van der Waals surface area (Å²) in [6.07, 6.45) is 0.811. The van der Waals surface area contributed by atoms with Gasteiger partial charge in [0.2, 0.25) is 0 Å². The fourth-order valence-corrected chi connectivity index (χ4v) is 1.70. The highest BCUT2D eigenvalue weighted by Gasteiger charge is 2.17. The SMILES string of the molecule is O=C(Nc1ccc(C(=O)O)cc1)NC1CCOC1. The number of carboxylic acid groups (broad SMARTS) is 1. The number of ether oxygens (including phenoxy) is 1. The van der Waals surface area contributed by atoms with Gasteiger partial charge in [0, 0.05) is 12.3 Å². The molecule has 1 aliphatic rings. The maximum absolute atomic E-state index is 11.6. The molecular formula is C12H14N2O4. The fourth-order valence-electron chi connectivity index (χ4n) is 1.70. The number of nitrogens with one attached hydrogen (secondary N) is 2. The van der Waals surface area contributed by atoms with E-state index in [0.29, 0.717) is 18.9 Å². The van der Waals surface area contributed by atoms with Crippen LogP contribution in [0.5, 0.6) is 0 Å². The number of rotatable bonds is 3. The first-order valence-electron chi connectivity index (χ1n) is 5.64. The Balaban J connectivity index is 1.88. The quantitative estimate of drug-likeness (QED) is 0.754. The summed E-state index contributed by atoms with van der Waals surface area (Å²) in [7, 11) is 0. The second-order valence-electron chi connectivity index (χ2n) is 4.04. The first-order chi connectivity index (χ1) is 8.65. The third-order valence-electron chi connectivity index (χ3n) is 2.65. The zero-order chi connectivity index (χ0) is 13.0. The third kappa shape index (κ3) is 3.21. The van der Waals surface area contributed by atoms with Crippen LogP contribution in [0.3, 0.4) is 0 Å². The molecule has 0 spiro atoms. The van der Waals surface area contributed by atoms with E-state index < -0.39 is 5.97 Å². The van der Waals surface area contributed by atoms with Crippen molar-refractivity contribution in [2.45, 2.75) is 12.5 Å². The van der Waals surface area contributed by atoms with Gasteiger partial charge in [-0.05, 0) is 30.7 Å². The van der Waals surface area contributed by atoms with Gasteiger partial charge in [-0.15, -0.1) is 0 Å². The normalized spacial score (nSPS) is 18.3. The topological polar surface area (TPSA) is 87.7 Å². The Kier molecular flexibility index (Phi) is 3.78. The van der Waals surface area contributed by atoms with Gasteiger partial charge in [0.05, 0.1) is 18.2 Å². The number of hydrogen-bond acceptors (Lipinski definition) is 3. The number of carbonyl (C=O) groups excluding carboxylic acids is 1. The van der Waals surface area contributed by atoms with Crippen LogP contribution in [0.4, 0.5) is 10.5 Å². The number of urea groups is 1. The zero-order valence-corrected chi connectivity index (χ0v) is 9.68. The van der Waals surface area contributed by atoms with E-state index in [4.69, 9.17) is 9.84 Å². The van der Waals surface area contributed by atoms with Crippen LogP contribution in [0.15, 0.2) is 24.3 Å². The minimum Gasteiger partial charge on any atom is -0.478 e. The molecule has 0 saturated carbocycles. The van der Waals surface area contributed by atoms with Gasteiger partial charge < -0.3 is 20.5 Å². The summed E-state index contributed by atoms with van der Waals surface area (Å²) >= 11 is 0. The zero-order valence-electron chi connectivity index (χ0n) is 9.68. The molecule has 1 aliphatic heterocycles. The van der Waals surface area contributed by atoms with Crippen LogP contribution < -0.4 is 10.6 Å². The second kappa shape index (κ2) is 5.50. The minimum absolute atomic E-state index is 0.0447. The molecule has 6 heteroatoms. The van der Waals surface area contributed by atoms with Gasteiger partial charge in [-0.25, -0.2) is 9.59 Å². The molecule has 3 N–H and O–H groups in total. The number of amides is 2. The Morgan fingerprint density at radius 3 is 2.56 bits per heavy atom. The van der Waals surface area contributed by atoms with Gasteiger partial charge in [-0.1, -0.05) is 0 Å². The van der Waals surface area contributed by atoms with E-state index in [1.807, 2.05) is 0 Å². The van der Waals surface area contributed by atoms with E-state index in [1.165, 1.54) is 12.1 Å². The summed E-state index contributed by atoms with van der Waals surface area (Å²) in [5, 5.41) is 14.1. The highest BCUT2D eigenvalue weighted by Crippen LogP contribution is 2.10. The molecule has 1 unspecified atom stereocenters. The summed E-state index contributed by atoms with van der Waals surface area (Å²) in [6, 6.07) is 5.71. The highest BCUT2D eigenvalue weighted by molar-refractivity contribution is 5.91. The van der Waals surface area contributed by atoms with Gasteiger partial charge in [-0.2, -0.15) is 0 Å². The molecule has 2 rings (SSSR count). The van der Waals surface area contributed by atoms with Gasteiger partial charge in [0.1, 0.15) is 0 Å². The van der Waals surface area contributed by atoms with Gasteiger partial charge in [0.25, 0.3) is 0 Å². The van der Waals surface area contributed by atoms with Gasteiger partial charge in [-0.3, -0.25) is 0 Å². The van der Waals surface area contributed by atoms with Crippen LogP contribution in [-0.2, 0) is 4.74 Å². The summed E-state index contributed by atoms with van der Waals surface area (Å²) in [4.78, 5) is 22.2. The van der Waals surface area contributed by atoms with Crippen molar-refractivity contribution in [1.82, 2.24) is 5.32 Å². The Morgan fingerprint density at radius 1 is 1.28 bits per heavy atom. The largest absolute Gasteiger partial charge is 0.478 e. The Bertz CT molecular complexity index is 438. The molecule has 1 aromatic carbocycles. The number of carbonyl (C=O) groups is 2. The third-order valence-corrected chi connectivity index (χ3v) is 2.65. The molecule has 18 heavy (non-hydrogen) atoms. The molecule has 1 heterocycles. The molecule has 1 atom stereocenters. The summed E-state index contributed by atoms with van der Waals surface area (Å²) in [6.45, 7) is 1.20. The van der Waals surface area contributed by atoms with Crippen molar-refractivity contribution in [2.75, 3.05) is 18.5 Å². The predicted molar refractivity (Wildman–Crippen MR) is 64.8 cm³/mol. The lowest BCUT2D eigenvalue weighted by Gasteiger charge is -2.11. The van der Waals surface area contributed by atoms with Crippen LogP contribution in [0.2, 0.25) is 0 Å². The molecule has 96 valence electrons. The highest BCUT2D eigenvalue weighted by atomic mass is 16.5. The van der Waals surface area contributed by atoms with E-state index in [-0.39, 0.29) is 17.6 Å². The molecular weight excluding hydrogens is 236 g/mol. The Labute approximate surface area is 104 Å². The van der Waals surface area contributed by atoms with Crippen molar-refractivity contribution in [1.29, 1.82) is 0 Å². The standard InChI is InChI=1S/C12H14N2O4/c15-11(16)8-1-3-9(4-2-8)13-12(17)14-10-5-6-18-7-10/h1-4,10H,5-7H2,(H,15,16)(H2,13,14,17). The van der Waals surface area contributed by atoms with E-state index in [1.54, 1.807) is 12.1 Å². The average molecular weight is 250 g/mol. The number of anilines is 1. The molecule has 0 aliphatic carbocycles. The maximum atomic E-state index is 11.6. The molecule has 0 bridgehead atoms. The van der Waals surface area contributed by atoms with Crippen LogP contribution in [-0.4, -0.2) is 36.4 Å². The van der Waals surface area contributed by atoms with Crippen molar-refractivity contribution in [2.24, 2.45) is 0 Å². The summed E-state index contributed by atoms with van der Waals surface area (Å²) in [5.74, 6) is -0.992. The van der Waals surface area contributed by atoms with Crippen molar-refractivity contribution in [3.63, 3.8) is 0 Å². The monoisotopic (exact) mass is 250 g/mol. The van der Waals surface area contributed by atoms with E-state index >= 15 is 0 Å². The van der Waals surface area contributed by atoms with Crippen LogP contribution in [0.1, 0.15) is 16.8 Å². The second-order valence-corrected chi connectivity index (χ2v) is 4.04. The van der Waals surface area contributed by atoms with Crippen molar-refractivity contribution < 1.29 is 19.4 Å². The molecule has 6 nitrogen and oxygen atoms in total. The molecule has 0 aromatic heterocycles. The molecule has 1 saturated heterocycles. The average Bonchev–Trinajstić information content (AvgIpc) is 2.82. The maximum Gasteiger partial charge on any atom is 0.335 e. The predicted octanol–water partition coefficient (Wildman–Crippen LogP) is 1.30. The van der Waals surface area contributed by atoms with Crippen LogP contribution >= 0.6 is 0 Å². The minimum atomic E-state index is -0.992. The smallest absolute Gasteiger partial charge is 0.335 e. The van der Waals surface area contributed by atoms with Crippen LogP contribution in [0.25, 0.3) is 0 Å². The van der Waals surface area contributed by atoms with Crippen LogP contribution in [0, 0.1) is 0 Å². The van der Waals surface area contributed by atoms with E-state index in [2.05, 4.69) is 10.6 Å². The lowest BCUT2D eigenvalue weighted by molar-refractivity contribution is 0.0697. The van der Waals surface area contributed by atoms with Gasteiger partial charge >= 0.3 is 12.0 Å². The van der Waals surface area contributed by atoms with E-state index in [0.717, 1.165) is 6.42 Å². The summed E-state index contributed by atoms with van der Waals surface area (Å²) < 4.78 is 5.14. The van der Waals surface area contributed by atoms with E-state index in [9.17, 15) is 9.59 Å². The number of benzene rings is 1. The summed E-state index contributed by atoms with van der Waals surface area (Å²) in [5.41, 5.74) is 0.738. The Hall–Kier alpha value is -2.08. The number of carboxylic acids is 1. The molecule has 1 fully saturated rings. The van der Waals surface area contributed by atoms with Crippen molar-refractivity contribution in [3.05, 3.63) is 29.8 Å². The van der Waals surface area contributed by atoms with Crippen molar-refractivity contribution >= 4 is 17.7 Å².